The quantitative estimate of drug-likeness (QED) is 0.802. The Labute approximate surface area is 184 Å². The molecule has 8 heteroatoms. The molecule has 32 heavy (non-hydrogen) atoms. The summed E-state index contributed by atoms with van der Waals surface area (Å²) in [4.78, 5) is 32.4. The lowest BCUT2D eigenvalue weighted by Crippen LogP contribution is -2.51. The van der Waals surface area contributed by atoms with Crippen LogP contribution in [0.5, 0.6) is 0 Å². The lowest BCUT2D eigenvalue weighted by atomic mass is 9.88. The third kappa shape index (κ3) is 3.95. The monoisotopic (exact) mass is 429 g/mol. The van der Waals surface area contributed by atoms with Crippen LogP contribution in [-0.2, 0) is 9.59 Å². The van der Waals surface area contributed by atoms with Crippen LogP contribution >= 0.6 is 0 Å². The molecule has 0 saturated heterocycles. The number of anilines is 1. The van der Waals surface area contributed by atoms with Gasteiger partial charge in [-0.05, 0) is 56.0 Å². The fraction of sp³-hybridized carbons (Fsp3) is 0.292. The number of benzene rings is 2. The minimum absolute atomic E-state index is 0.171. The number of hydrogen-bond acceptors (Lipinski definition) is 5. The van der Waals surface area contributed by atoms with Crippen molar-refractivity contribution in [3.63, 3.8) is 0 Å². The SMILES string of the molecule is N#Cc1ccc(C2=NC3(CCCCC3)N(CC(=O)Nc3ccc(F)c(C#N)c3)C2=O)cc1. The summed E-state index contributed by atoms with van der Waals surface area (Å²) in [5, 5.41) is 20.7. The molecule has 4 rings (SSSR count). The number of halogens is 1. The minimum Gasteiger partial charge on any atom is -0.325 e. The van der Waals surface area contributed by atoms with E-state index in [2.05, 4.69) is 11.4 Å². The van der Waals surface area contributed by atoms with Gasteiger partial charge in [-0.15, -0.1) is 0 Å². The molecule has 0 aromatic heterocycles. The molecule has 1 aliphatic heterocycles. The number of aliphatic imine (C=N–C) groups is 1. The fourth-order valence-electron chi connectivity index (χ4n) is 4.28. The van der Waals surface area contributed by atoms with E-state index in [0.717, 1.165) is 25.3 Å². The van der Waals surface area contributed by atoms with Crippen molar-refractivity contribution in [1.29, 1.82) is 10.5 Å². The van der Waals surface area contributed by atoms with Crippen molar-refractivity contribution in [3.8, 4) is 12.1 Å². The average Bonchev–Trinajstić information content (AvgIpc) is 3.06. The summed E-state index contributed by atoms with van der Waals surface area (Å²) in [5.41, 5.74) is 0.730. The molecule has 7 nitrogen and oxygen atoms in total. The number of nitriles is 2. The molecule has 2 aromatic carbocycles. The van der Waals surface area contributed by atoms with Gasteiger partial charge in [-0.3, -0.25) is 14.6 Å². The molecule has 1 fully saturated rings. The number of rotatable bonds is 4. The Morgan fingerprint density at radius 3 is 2.47 bits per heavy atom. The van der Waals surface area contributed by atoms with E-state index in [4.69, 9.17) is 15.5 Å². The standard InChI is InChI=1S/C24H20FN5O2/c25-20-9-8-19(12-18(20)14-27)28-21(31)15-30-23(32)22(17-6-4-16(13-26)5-7-17)29-24(30)10-2-1-3-11-24/h4-9,12H,1-3,10-11,15H2,(H,28,31). The number of carbonyl (C=O) groups excluding carboxylic acids is 2. The van der Waals surface area contributed by atoms with Crippen LogP contribution in [0.2, 0.25) is 0 Å². The molecule has 0 bridgehead atoms. The molecule has 0 radical (unpaired) electrons. The summed E-state index contributed by atoms with van der Waals surface area (Å²) in [6.07, 6.45) is 4.18. The molecule has 0 unspecified atom stereocenters. The summed E-state index contributed by atoms with van der Waals surface area (Å²) in [5.74, 6) is -1.44. The second kappa shape index (κ2) is 8.60. The van der Waals surface area contributed by atoms with Crippen molar-refractivity contribution in [2.45, 2.75) is 37.8 Å². The summed E-state index contributed by atoms with van der Waals surface area (Å²) in [7, 11) is 0. The number of nitrogens with one attached hydrogen (secondary N) is 1. The van der Waals surface area contributed by atoms with E-state index in [-0.39, 0.29) is 29.4 Å². The first-order valence-corrected chi connectivity index (χ1v) is 10.4. The third-order valence-electron chi connectivity index (χ3n) is 5.88. The summed E-state index contributed by atoms with van der Waals surface area (Å²) in [6, 6.07) is 14.2. The lowest BCUT2D eigenvalue weighted by Gasteiger charge is -2.38. The molecular weight excluding hydrogens is 409 g/mol. The third-order valence-corrected chi connectivity index (χ3v) is 5.88. The molecule has 0 atom stereocenters. The number of carbonyl (C=O) groups is 2. The van der Waals surface area contributed by atoms with Gasteiger partial charge in [-0.25, -0.2) is 4.39 Å². The van der Waals surface area contributed by atoms with Crippen LogP contribution in [0.15, 0.2) is 47.5 Å². The first kappa shape index (κ1) is 21.2. The van der Waals surface area contributed by atoms with Crippen LogP contribution < -0.4 is 5.32 Å². The van der Waals surface area contributed by atoms with E-state index in [1.54, 1.807) is 30.3 Å². The molecule has 2 amide bonds. The lowest BCUT2D eigenvalue weighted by molar-refractivity contribution is -0.134. The smallest absolute Gasteiger partial charge is 0.275 e. The van der Waals surface area contributed by atoms with E-state index in [1.165, 1.54) is 17.0 Å². The Balaban J connectivity index is 1.58. The summed E-state index contributed by atoms with van der Waals surface area (Å²) >= 11 is 0. The van der Waals surface area contributed by atoms with Crippen molar-refractivity contribution >= 4 is 23.2 Å². The van der Waals surface area contributed by atoms with E-state index >= 15 is 0 Å². The fourth-order valence-corrected chi connectivity index (χ4v) is 4.28. The second-order valence-electron chi connectivity index (χ2n) is 7.94. The second-order valence-corrected chi connectivity index (χ2v) is 7.94. The van der Waals surface area contributed by atoms with Crippen LogP contribution in [-0.4, -0.2) is 34.6 Å². The Morgan fingerprint density at radius 2 is 1.81 bits per heavy atom. The average molecular weight is 429 g/mol. The molecule has 2 aromatic rings. The number of nitrogens with zero attached hydrogens (tertiary/aromatic N) is 4. The van der Waals surface area contributed by atoms with Crippen molar-refractivity contribution < 1.29 is 14.0 Å². The topological polar surface area (TPSA) is 109 Å². The molecule has 2 aliphatic rings. The first-order chi connectivity index (χ1) is 15.5. The normalized spacial score (nSPS) is 16.9. The maximum absolute atomic E-state index is 13.6. The van der Waals surface area contributed by atoms with Gasteiger partial charge < -0.3 is 10.2 Å². The van der Waals surface area contributed by atoms with Gasteiger partial charge in [0.1, 0.15) is 29.8 Å². The molecule has 1 spiro atoms. The van der Waals surface area contributed by atoms with Crippen LogP contribution in [0, 0.1) is 28.5 Å². The summed E-state index contributed by atoms with van der Waals surface area (Å²) < 4.78 is 13.6. The Morgan fingerprint density at radius 1 is 1.09 bits per heavy atom. The summed E-state index contributed by atoms with van der Waals surface area (Å²) in [6.45, 7) is -0.207. The molecule has 1 heterocycles. The highest BCUT2D eigenvalue weighted by Gasteiger charge is 2.48. The molecule has 160 valence electrons. The first-order valence-electron chi connectivity index (χ1n) is 10.4. The van der Waals surface area contributed by atoms with Crippen molar-refractivity contribution in [2.75, 3.05) is 11.9 Å². The van der Waals surface area contributed by atoms with Crippen LogP contribution in [0.25, 0.3) is 0 Å². The van der Waals surface area contributed by atoms with Gasteiger partial charge in [-0.2, -0.15) is 10.5 Å². The molecule has 1 aliphatic carbocycles. The van der Waals surface area contributed by atoms with E-state index in [1.807, 2.05) is 0 Å². The largest absolute Gasteiger partial charge is 0.325 e. The number of amides is 2. The zero-order chi connectivity index (χ0) is 22.7. The molecule has 1 N–H and O–H groups in total. The van der Waals surface area contributed by atoms with E-state index in [9.17, 15) is 14.0 Å². The Hall–Kier alpha value is -4.04. The van der Waals surface area contributed by atoms with E-state index in [0.29, 0.717) is 24.0 Å². The van der Waals surface area contributed by atoms with Crippen LogP contribution in [0.1, 0.15) is 48.8 Å². The van der Waals surface area contributed by atoms with Gasteiger partial charge >= 0.3 is 0 Å². The maximum atomic E-state index is 13.6. The highest BCUT2D eigenvalue weighted by Crippen LogP contribution is 2.39. The van der Waals surface area contributed by atoms with Crippen LogP contribution in [0.3, 0.4) is 0 Å². The van der Waals surface area contributed by atoms with Gasteiger partial charge in [0.25, 0.3) is 5.91 Å². The van der Waals surface area contributed by atoms with Crippen molar-refractivity contribution in [3.05, 3.63) is 65.0 Å². The van der Waals surface area contributed by atoms with Gasteiger partial charge in [0, 0.05) is 11.3 Å². The molecule has 1 saturated carbocycles. The maximum Gasteiger partial charge on any atom is 0.275 e. The predicted octanol–water partition coefficient (Wildman–Crippen LogP) is 3.50. The van der Waals surface area contributed by atoms with Gasteiger partial charge in [0.15, 0.2) is 0 Å². The van der Waals surface area contributed by atoms with E-state index < -0.39 is 17.4 Å². The van der Waals surface area contributed by atoms with Crippen LogP contribution in [0.4, 0.5) is 10.1 Å². The zero-order valence-corrected chi connectivity index (χ0v) is 17.3. The highest BCUT2D eigenvalue weighted by atomic mass is 19.1. The van der Waals surface area contributed by atoms with Gasteiger partial charge in [0.05, 0.1) is 17.2 Å². The predicted molar refractivity (Wildman–Crippen MR) is 115 cm³/mol. The van der Waals surface area contributed by atoms with Crippen molar-refractivity contribution in [2.24, 2.45) is 4.99 Å². The van der Waals surface area contributed by atoms with Gasteiger partial charge in [-0.1, -0.05) is 18.6 Å². The number of hydrogen-bond donors (Lipinski definition) is 1. The minimum atomic E-state index is -0.767. The Kier molecular flexibility index (Phi) is 5.70. The zero-order valence-electron chi connectivity index (χ0n) is 17.3. The molecular formula is C24H20FN5O2. The highest BCUT2D eigenvalue weighted by molar-refractivity contribution is 6.47. The Bertz CT molecular complexity index is 1180. The van der Waals surface area contributed by atoms with Crippen molar-refractivity contribution in [1.82, 2.24) is 4.90 Å². The van der Waals surface area contributed by atoms with Gasteiger partial charge in [0.2, 0.25) is 5.91 Å².